The first kappa shape index (κ1) is 14.3. The Kier molecular flexibility index (Phi) is 4.47. The summed E-state index contributed by atoms with van der Waals surface area (Å²) in [4.78, 5) is 2.18. The zero-order valence-corrected chi connectivity index (χ0v) is 12.4. The van der Waals surface area contributed by atoms with E-state index >= 15 is 0 Å². The molecule has 0 saturated carbocycles. The van der Waals surface area contributed by atoms with Crippen molar-refractivity contribution in [2.75, 3.05) is 36.5 Å². The zero-order chi connectivity index (χ0) is 13.9. The molecule has 1 unspecified atom stereocenters. The molecule has 0 bridgehead atoms. The fraction of sp³-hybridized carbons (Fsp3) is 0.571. The molecule has 1 heterocycles. The van der Waals surface area contributed by atoms with Crippen molar-refractivity contribution < 1.29 is 8.42 Å². The molecule has 1 fully saturated rings. The minimum absolute atomic E-state index is 0.136. The van der Waals surface area contributed by atoms with Gasteiger partial charge in [-0.3, -0.25) is 0 Å². The second-order valence-electron chi connectivity index (χ2n) is 5.31. The highest BCUT2D eigenvalue weighted by Gasteiger charge is 2.27. The third-order valence-electron chi connectivity index (χ3n) is 3.59. The third-order valence-corrected chi connectivity index (χ3v) is 5.36. The van der Waals surface area contributed by atoms with E-state index in [1.165, 1.54) is 11.3 Å². The van der Waals surface area contributed by atoms with Gasteiger partial charge in [0.15, 0.2) is 9.84 Å². The Balaban J connectivity index is 1.75. The Labute approximate surface area is 115 Å². The number of likely N-dealkylation sites (N-methyl/N-ethyl adjacent to an activating group) is 1. The maximum Gasteiger partial charge on any atom is 0.151 e. The number of rotatable bonds is 5. The summed E-state index contributed by atoms with van der Waals surface area (Å²) < 4.78 is 22.7. The maximum atomic E-state index is 11.3. The molecule has 0 aliphatic carbocycles. The molecule has 5 heteroatoms. The summed E-state index contributed by atoms with van der Waals surface area (Å²) >= 11 is 0. The van der Waals surface area contributed by atoms with Crippen LogP contribution in [0.4, 0.5) is 5.69 Å². The molecule has 1 aromatic rings. The molecule has 106 valence electrons. The van der Waals surface area contributed by atoms with Crippen LogP contribution in [0.25, 0.3) is 0 Å². The first-order valence-corrected chi connectivity index (χ1v) is 8.50. The summed E-state index contributed by atoms with van der Waals surface area (Å²) in [6.07, 6.45) is 0.747. The second-order valence-corrected chi connectivity index (χ2v) is 7.54. The minimum atomic E-state index is -2.78. The summed E-state index contributed by atoms with van der Waals surface area (Å²) in [5, 5.41) is 3.33. The Bertz CT molecular complexity index is 511. The fourth-order valence-electron chi connectivity index (χ4n) is 2.32. The van der Waals surface area contributed by atoms with Crippen LogP contribution in [0.2, 0.25) is 0 Å². The molecule has 0 amide bonds. The number of nitrogens with one attached hydrogen (secondary N) is 1. The first-order valence-electron chi connectivity index (χ1n) is 6.68. The minimum Gasteiger partial charge on any atom is -0.373 e. The van der Waals surface area contributed by atoms with Gasteiger partial charge in [0, 0.05) is 31.9 Å². The van der Waals surface area contributed by atoms with E-state index in [4.69, 9.17) is 0 Å². The maximum absolute atomic E-state index is 11.3. The highest BCUT2D eigenvalue weighted by molar-refractivity contribution is 7.91. The second kappa shape index (κ2) is 5.92. The first-order chi connectivity index (χ1) is 8.96. The summed E-state index contributed by atoms with van der Waals surface area (Å²) in [5.41, 5.74) is 2.44. The van der Waals surface area contributed by atoms with Crippen molar-refractivity contribution in [3.8, 4) is 0 Å². The lowest BCUT2D eigenvalue weighted by Crippen LogP contribution is -2.36. The Hall–Kier alpha value is -1.07. The van der Waals surface area contributed by atoms with Crippen LogP contribution in [-0.2, 0) is 9.84 Å². The topological polar surface area (TPSA) is 49.4 Å². The van der Waals surface area contributed by atoms with E-state index in [-0.39, 0.29) is 6.04 Å². The molecule has 2 rings (SSSR count). The van der Waals surface area contributed by atoms with Gasteiger partial charge in [0.1, 0.15) is 0 Å². The van der Waals surface area contributed by atoms with Crippen molar-refractivity contribution >= 4 is 15.5 Å². The molecule has 0 radical (unpaired) electrons. The molecule has 19 heavy (non-hydrogen) atoms. The largest absolute Gasteiger partial charge is 0.373 e. The van der Waals surface area contributed by atoms with Gasteiger partial charge in [0.2, 0.25) is 0 Å². The van der Waals surface area contributed by atoms with E-state index in [1.807, 2.05) is 0 Å². The summed E-state index contributed by atoms with van der Waals surface area (Å²) in [6, 6.07) is 8.55. The molecule has 0 spiro atoms. The summed E-state index contributed by atoms with van der Waals surface area (Å²) in [6.45, 7) is 3.76. The molecule has 1 aliphatic rings. The SMILES string of the molecule is Cc1ccc(N(C)CCNC2CCS(=O)(=O)C2)cc1. The van der Waals surface area contributed by atoms with Gasteiger partial charge in [-0.2, -0.15) is 0 Å². The lowest BCUT2D eigenvalue weighted by molar-refractivity contribution is 0.557. The number of sulfone groups is 1. The van der Waals surface area contributed by atoms with Gasteiger partial charge in [0.25, 0.3) is 0 Å². The van der Waals surface area contributed by atoms with Crippen molar-refractivity contribution in [3.05, 3.63) is 29.8 Å². The van der Waals surface area contributed by atoms with E-state index in [1.54, 1.807) is 0 Å². The van der Waals surface area contributed by atoms with Gasteiger partial charge in [-0.1, -0.05) is 17.7 Å². The van der Waals surface area contributed by atoms with Crippen LogP contribution < -0.4 is 10.2 Å². The molecule has 1 atom stereocenters. The quantitative estimate of drug-likeness (QED) is 0.882. The Morgan fingerprint density at radius 3 is 2.58 bits per heavy atom. The molecule has 1 saturated heterocycles. The summed E-state index contributed by atoms with van der Waals surface area (Å²) in [5.74, 6) is 0.625. The Morgan fingerprint density at radius 1 is 1.32 bits per heavy atom. The van der Waals surface area contributed by atoms with Gasteiger partial charge in [-0.05, 0) is 25.5 Å². The summed E-state index contributed by atoms with van der Waals surface area (Å²) in [7, 11) is -0.726. The monoisotopic (exact) mass is 282 g/mol. The van der Waals surface area contributed by atoms with Crippen molar-refractivity contribution in [3.63, 3.8) is 0 Å². The van der Waals surface area contributed by atoms with Gasteiger partial charge in [-0.25, -0.2) is 8.42 Å². The van der Waals surface area contributed by atoms with E-state index < -0.39 is 9.84 Å². The van der Waals surface area contributed by atoms with Crippen LogP contribution in [0.1, 0.15) is 12.0 Å². The van der Waals surface area contributed by atoms with Crippen molar-refractivity contribution in [2.24, 2.45) is 0 Å². The average molecular weight is 282 g/mol. The predicted molar refractivity (Wildman–Crippen MR) is 79.5 cm³/mol. The van der Waals surface area contributed by atoms with Crippen LogP contribution in [0.3, 0.4) is 0 Å². The van der Waals surface area contributed by atoms with Crippen LogP contribution >= 0.6 is 0 Å². The molecular formula is C14H22N2O2S. The van der Waals surface area contributed by atoms with Gasteiger partial charge >= 0.3 is 0 Å². The van der Waals surface area contributed by atoms with Gasteiger partial charge < -0.3 is 10.2 Å². The average Bonchev–Trinajstić information content (AvgIpc) is 2.69. The lowest BCUT2D eigenvalue weighted by atomic mass is 10.2. The van der Waals surface area contributed by atoms with Gasteiger partial charge in [-0.15, -0.1) is 0 Å². The molecule has 1 N–H and O–H groups in total. The standard InChI is InChI=1S/C14H22N2O2S/c1-12-3-5-14(6-4-12)16(2)9-8-15-13-7-10-19(17,18)11-13/h3-6,13,15H,7-11H2,1-2H3. The highest BCUT2D eigenvalue weighted by Crippen LogP contribution is 2.13. The van der Waals surface area contributed by atoms with E-state index in [2.05, 4.69) is 48.5 Å². The number of hydrogen-bond acceptors (Lipinski definition) is 4. The molecule has 0 aromatic heterocycles. The highest BCUT2D eigenvalue weighted by atomic mass is 32.2. The molecule has 4 nitrogen and oxygen atoms in total. The molecule has 1 aromatic carbocycles. The molecule has 1 aliphatic heterocycles. The fourth-order valence-corrected chi connectivity index (χ4v) is 4.03. The zero-order valence-electron chi connectivity index (χ0n) is 11.6. The Morgan fingerprint density at radius 2 is 2.00 bits per heavy atom. The van der Waals surface area contributed by atoms with Crippen LogP contribution in [0.5, 0.6) is 0 Å². The van der Waals surface area contributed by atoms with Crippen LogP contribution in [0, 0.1) is 6.92 Å². The third kappa shape index (κ3) is 4.21. The van der Waals surface area contributed by atoms with Crippen LogP contribution in [-0.4, -0.2) is 46.1 Å². The number of hydrogen-bond donors (Lipinski definition) is 1. The van der Waals surface area contributed by atoms with Gasteiger partial charge in [0.05, 0.1) is 11.5 Å². The van der Waals surface area contributed by atoms with E-state index in [9.17, 15) is 8.42 Å². The normalized spacial score (nSPS) is 21.5. The number of aryl methyl sites for hydroxylation is 1. The number of benzene rings is 1. The van der Waals surface area contributed by atoms with Crippen LogP contribution in [0.15, 0.2) is 24.3 Å². The van der Waals surface area contributed by atoms with E-state index in [0.29, 0.717) is 11.5 Å². The number of nitrogens with zero attached hydrogens (tertiary/aromatic N) is 1. The van der Waals surface area contributed by atoms with Crippen molar-refractivity contribution in [1.82, 2.24) is 5.32 Å². The number of anilines is 1. The van der Waals surface area contributed by atoms with Crippen molar-refractivity contribution in [1.29, 1.82) is 0 Å². The molecular weight excluding hydrogens is 260 g/mol. The smallest absolute Gasteiger partial charge is 0.151 e. The predicted octanol–water partition coefficient (Wildman–Crippen LogP) is 1.21. The van der Waals surface area contributed by atoms with E-state index in [0.717, 1.165) is 19.5 Å². The van der Waals surface area contributed by atoms with Crippen molar-refractivity contribution in [2.45, 2.75) is 19.4 Å². The lowest BCUT2D eigenvalue weighted by Gasteiger charge is -2.21.